The molecular formula is C11H22N2. The third-order valence-corrected chi connectivity index (χ3v) is 1.75. The van der Waals surface area contributed by atoms with E-state index in [0.29, 0.717) is 0 Å². The molecule has 0 aromatic heterocycles. The molecule has 0 saturated carbocycles. The summed E-state index contributed by atoms with van der Waals surface area (Å²) < 4.78 is 0. The van der Waals surface area contributed by atoms with Gasteiger partial charge < -0.3 is 5.32 Å². The van der Waals surface area contributed by atoms with E-state index in [2.05, 4.69) is 44.1 Å². The Morgan fingerprint density at radius 3 is 2.54 bits per heavy atom. The van der Waals surface area contributed by atoms with Crippen LogP contribution >= 0.6 is 0 Å². The summed E-state index contributed by atoms with van der Waals surface area (Å²) in [6.07, 6.45) is 4.50. The molecule has 0 radical (unpaired) electrons. The molecule has 0 aliphatic rings. The Kier molecular flexibility index (Phi) is 7.36. The molecule has 0 atom stereocenters. The lowest BCUT2D eigenvalue weighted by Gasteiger charge is -2.02. The first-order valence-electron chi connectivity index (χ1n) is 5.13. The van der Waals surface area contributed by atoms with Crippen molar-refractivity contribution in [2.45, 2.75) is 40.5 Å². The highest BCUT2D eigenvalue weighted by Crippen LogP contribution is 1.92. The van der Waals surface area contributed by atoms with Gasteiger partial charge in [0.2, 0.25) is 0 Å². The highest BCUT2D eigenvalue weighted by Gasteiger charge is 1.88. The van der Waals surface area contributed by atoms with Gasteiger partial charge in [-0.15, -0.1) is 0 Å². The molecule has 0 aromatic carbocycles. The Bertz CT molecular complexity index is 181. The SMILES string of the molecule is CCCCN=C(C)C=C(C)NCC. The zero-order chi connectivity index (χ0) is 10.1. The Morgan fingerprint density at radius 1 is 1.31 bits per heavy atom. The van der Waals surface area contributed by atoms with Gasteiger partial charge in [0.05, 0.1) is 0 Å². The van der Waals surface area contributed by atoms with E-state index in [-0.39, 0.29) is 0 Å². The Hall–Kier alpha value is -0.790. The van der Waals surface area contributed by atoms with Crippen molar-refractivity contribution in [3.8, 4) is 0 Å². The van der Waals surface area contributed by atoms with Gasteiger partial charge in [0.25, 0.3) is 0 Å². The van der Waals surface area contributed by atoms with Crippen LogP contribution in [0.25, 0.3) is 0 Å². The second-order valence-corrected chi connectivity index (χ2v) is 3.23. The van der Waals surface area contributed by atoms with Crippen molar-refractivity contribution in [2.24, 2.45) is 4.99 Å². The standard InChI is InChI=1S/C11H22N2/c1-5-7-8-13-11(4)9-10(3)12-6-2/h9,12H,5-8H2,1-4H3. The number of hydrogen-bond acceptors (Lipinski definition) is 2. The van der Waals surface area contributed by atoms with Gasteiger partial charge in [-0.25, -0.2) is 0 Å². The minimum absolute atomic E-state index is 0.957. The van der Waals surface area contributed by atoms with Crippen LogP contribution in [-0.2, 0) is 0 Å². The number of nitrogens with zero attached hydrogens (tertiary/aromatic N) is 1. The third-order valence-electron chi connectivity index (χ3n) is 1.75. The average molecular weight is 182 g/mol. The maximum absolute atomic E-state index is 4.44. The predicted octanol–water partition coefficient (Wildman–Crippen LogP) is 2.76. The van der Waals surface area contributed by atoms with Gasteiger partial charge in [-0.3, -0.25) is 4.99 Å². The molecule has 2 nitrogen and oxygen atoms in total. The second kappa shape index (κ2) is 7.84. The van der Waals surface area contributed by atoms with E-state index in [1.807, 2.05) is 0 Å². The fourth-order valence-corrected chi connectivity index (χ4v) is 1.10. The molecule has 0 aliphatic carbocycles. The molecule has 0 amide bonds. The molecule has 0 heterocycles. The first-order valence-corrected chi connectivity index (χ1v) is 5.13. The molecule has 13 heavy (non-hydrogen) atoms. The summed E-state index contributed by atoms with van der Waals surface area (Å²) in [6.45, 7) is 10.3. The molecule has 0 rings (SSSR count). The summed E-state index contributed by atoms with van der Waals surface area (Å²) in [6, 6.07) is 0. The first-order chi connectivity index (χ1) is 6.20. The van der Waals surface area contributed by atoms with E-state index in [1.165, 1.54) is 18.5 Å². The van der Waals surface area contributed by atoms with Crippen molar-refractivity contribution in [1.29, 1.82) is 0 Å². The van der Waals surface area contributed by atoms with Gasteiger partial charge >= 0.3 is 0 Å². The molecule has 1 N–H and O–H groups in total. The van der Waals surface area contributed by atoms with Crippen LogP contribution in [-0.4, -0.2) is 18.8 Å². The van der Waals surface area contributed by atoms with Gasteiger partial charge in [-0.1, -0.05) is 13.3 Å². The largest absolute Gasteiger partial charge is 0.389 e. The maximum atomic E-state index is 4.44. The smallest absolute Gasteiger partial charge is 0.0392 e. The van der Waals surface area contributed by atoms with Crippen molar-refractivity contribution >= 4 is 5.71 Å². The van der Waals surface area contributed by atoms with Crippen LogP contribution in [0, 0.1) is 0 Å². The van der Waals surface area contributed by atoms with Crippen molar-refractivity contribution in [3.63, 3.8) is 0 Å². The molecular weight excluding hydrogens is 160 g/mol. The second-order valence-electron chi connectivity index (χ2n) is 3.23. The molecule has 0 aliphatic heterocycles. The van der Waals surface area contributed by atoms with Crippen molar-refractivity contribution in [1.82, 2.24) is 5.32 Å². The van der Waals surface area contributed by atoms with Crippen LogP contribution in [0.3, 0.4) is 0 Å². The fraction of sp³-hybridized carbons (Fsp3) is 0.727. The topological polar surface area (TPSA) is 24.4 Å². The van der Waals surface area contributed by atoms with E-state index in [9.17, 15) is 0 Å². The molecule has 0 bridgehead atoms. The highest BCUT2D eigenvalue weighted by atomic mass is 14.9. The van der Waals surface area contributed by atoms with Crippen LogP contribution in [0.2, 0.25) is 0 Å². The lowest BCUT2D eigenvalue weighted by Crippen LogP contribution is -2.10. The molecule has 0 spiro atoms. The fourth-order valence-electron chi connectivity index (χ4n) is 1.10. The molecule has 0 unspecified atom stereocenters. The summed E-state index contributed by atoms with van der Waals surface area (Å²) >= 11 is 0. The van der Waals surface area contributed by atoms with Crippen molar-refractivity contribution in [3.05, 3.63) is 11.8 Å². The zero-order valence-electron chi connectivity index (χ0n) is 9.35. The summed E-state index contributed by atoms with van der Waals surface area (Å²) in [5.41, 5.74) is 2.31. The van der Waals surface area contributed by atoms with E-state index in [4.69, 9.17) is 0 Å². The summed E-state index contributed by atoms with van der Waals surface area (Å²) in [5, 5.41) is 3.25. The molecule has 0 saturated heterocycles. The number of nitrogens with one attached hydrogen (secondary N) is 1. The van der Waals surface area contributed by atoms with E-state index >= 15 is 0 Å². The van der Waals surface area contributed by atoms with E-state index in [1.54, 1.807) is 0 Å². The van der Waals surface area contributed by atoms with Crippen molar-refractivity contribution < 1.29 is 0 Å². The Labute approximate surface area is 82.1 Å². The van der Waals surface area contributed by atoms with Crippen LogP contribution in [0.5, 0.6) is 0 Å². The lowest BCUT2D eigenvalue weighted by atomic mass is 10.3. The van der Waals surface area contributed by atoms with Crippen LogP contribution < -0.4 is 5.32 Å². The first kappa shape index (κ1) is 12.2. The number of rotatable bonds is 6. The number of allylic oxidation sites excluding steroid dienone is 2. The molecule has 0 aromatic rings. The van der Waals surface area contributed by atoms with Crippen LogP contribution in [0.15, 0.2) is 16.8 Å². The molecule has 76 valence electrons. The van der Waals surface area contributed by atoms with Gasteiger partial charge in [-0.05, 0) is 33.3 Å². The van der Waals surface area contributed by atoms with Gasteiger partial charge in [-0.2, -0.15) is 0 Å². The Balaban J connectivity index is 3.88. The Morgan fingerprint density at radius 2 is 2.00 bits per heavy atom. The van der Waals surface area contributed by atoms with Gasteiger partial charge in [0.1, 0.15) is 0 Å². The number of unbranched alkanes of at least 4 members (excludes halogenated alkanes) is 1. The van der Waals surface area contributed by atoms with Gasteiger partial charge in [0.15, 0.2) is 0 Å². The zero-order valence-corrected chi connectivity index (χ0v) is 9.35. The summed E-state index contributed by atoms with van der Waals surface area (Å²) in [5.74, 6) is 0. The molecule has 0 fully saturated rings. The quantitative estimate of drug-likeness (QED) is 0.496. The van der Waals surface area contributed by atoms with Crippen LogP contribution in [0.4, 0.5) is 0 Å². The number of hydrogen-bond donors (Lipinski definition) is 1. The van der Waals surface area contributed by atoms with Crippen LogP contribution in [0.1, 0.15) is 40.5 Å². The predicted molar refractivity (Wildman–Crippen MR) is 60.3 cm³/mol. The normalized spacial score (nSPS) is 13.2. The lowest BCUT2D eigenvalue weighted by molar-refractivity contribution is 0.807. The third kappa shape index (κ3) is 7.57. The minimum Gasteiger partial charge on any atom is -0.389 e. The number of aliphatic imine (C=N–C) groups is 1. The van der Waals surface area contributed by atoms with E-state index < -0.39 is 0 Å². The molecule has 2 heteroatoms. The summed E-state index contributed by atoms with van der Waals surface area (Å²) in [7, 11) is 0. The monoisotopic (exact) mass is 182 g/mol. The minimum atomic E-state index is 0.957. The maximum Gasteiger partial charge on any atom is 0.0392 e. The van der Waals surface area contributed by atoms with Gasteiger partial charge in [0, 0.05) is 24.5 Å². The summed E-state index contributed by atoms with van der Waals surface area (Å²) in [4.78, 5) is 4.44. The highest BCUT2D eigenvalue weighted by molar-refractivity contribution is 5.93. The van der Waals surface area contributed by atoms with E-state index in [0.717, 1.165) is 18.8 Å². The average Bonchev–Trinajstić information content (AvgIpc) is 2.05. The van der Waals surface area contributed by atoms with Crippen molar-refractivity contribution in [2.75, 3.05) is 13.1 Å².